The van der Waals surface area contributed by atoms with Crippen LogP contribution in [-0.2, 0) is 6.18 Å². The Hall–Kier alpha value is -2.26. The predicted molar refractivity (Wildman–Crippen MR) is 105 cm³/mol. The molecule has 1 aromatic heterocycles. The molecule has 3 rings (SSSR count). The number of anilines is 1. The molecule has 2 aromatic rings. The molecule has 0 aliphatic carbocycles. The average molecular weight is 410 g/mol. The van der Waals surface area contributed by atoms with Gasteiger partial charge in [0, 0.05) is 56.4 Å². The molecule has 0 radical (unpaired) electrons. The summed E-state index contributed by atoms with van der Waals surface area (Å²) < 4.78 is 38.6. The van der Waals surface area contributed by atoms with Crippen LogP contribution in [0.3, 0.4) is 0 Å². The minimum atomic E-state index is -4.32. The van der Waals surface area contributed by atoms with Gasteiger partial charge < -0.3 is 9.88 Å². The van der Waals surface area contributed by atoms with E-state index in [1.165, 1.54) is 36.2 Å². The average Bonchev–Trinajstić information content (AvgIpc) is 2.68. The summed E-state index contributed by atoms with van der Waals surface area (Å²) in [6.45, 7) is 3.76. The van der Waals surface area contributed by atoms with Gasteiger partial charge in [0.25, 0.3) is 5.56 Å². The van der Waals surface area contributed by atoms with Crippen LogP contribution in [0, 0.1) is 0 Å². The van der Waals surface area contributed by atoms with E-state index in [4.69, 9.17) is 0 Å². The van der Waals surface area contributed by atoms with Gasteiger partial charge in [-0.15, -0.1) is 0 Å². The van der Waals surface area contributed by atoms with Crippen LogP contribution in [0.5, 0.6) is 0 Å². The summed E-state index contributed by atoms with van der Waals surface area (Å²) in [5.41, 5.74) is -0.159. The van der Waals surface area contributed by atoms with Crippen LogP contribution in [0.25, 0.3) is 0 Å². The number of nitrogens with one attached hydrogen (secondary N) is 1. The Morgan fingerprint density at radius 3 is 2.64 bits per heavy atom. The van der Waals surface area contributed by atoms with Crippen LogP contribution in [-0.4, -0.2) is 53.3 Å². The molecule has 1 aliphatic rings. The second-order valence-electron chi connectivity index (χ2n) is 6.36. The fourth-order valence-electron chi connectivity index (χ4n) is 2.91. The molecule has 0 saturated carbocycles. The maximum absolute atomic E-state index is 12.9. The molecular weight excluding hydrogens is 389 g/mol. The Morgan fingerprint density at radius 2 is 1.93 bits per heavy atom. The zero-order chi connectivity index (χ0) is 20.0. The standard InChI is InChI=1S/C19H21F3N4OS/c20-19(21,22)15-4-3-5-16(14-15)26-11-9-25(10-12-26)8-1-2-13-28-18-23-7-6-17(27)24-18/h1-7,14H,8-13H2,(H,23,24,27). The van der Waals surface area contributed by atoms with Gasteiger partial charge in [-0.2, -0.15) is 13.2 Å². The monoisotopic (exact) mass is 410 g/mol. The number of piperazine rings is 1. The molecule has 0 amide bonds. The van der Waals surface area contributed by atoms with E-state index in [1.807, 2.05) is 11.0 Å². The van der Waals surface area contributed by atoms with Gasteiger partial charge in [-0.05, 0) is 18.2 Å². The molecule has 1 aliphatic heterocycles. The third-order valence-electron chi connectivity index (χ3n) is 4.41. The van der Waals surface area contributed by atoms with Gasteiger partial charge in [-0.25, -0.2) is 4.98 Å². The zero-order valence-electron chi connectivity index (χ0n) is 15.2. The molecule has 9 heteroatoms. The van der Waals surface area contributed by atoms with Gasteiger partial charge in [0.2, 0.25) is 0 Å². The summed E-state index contributed by atoms with van der Waals surface area (Å²) in [6.07, 6.45) is 1.25. The fraction of sp³-hybridized carbons (Fsp3) is 0.368. The van der Waals surface area contributed by atoms with Gasteiger partial charge in [0.15, 0.2) is 5.16 Å². The Balaban J connectivity index is 1.42. The number of halogens is 3. The number of benzene rings is 1. The number of H-pyrrole nitrogens is 1. The predicted octanol–water partition coefficient (Wildman–Crippen LogP) is 3.26. The first kappa shape index (κ1) is 20.5. The van der Waals surface area contributed by atoms with Crippen LogP contribution in [0.1, 0.15) is 5.56 Å². The lowest BCUT2D eigenvalue weighted by molar-refractivity contribution is -0.137. The quantitative estimate of drug-likeness (QED) is 0.450. The van der Waals surface area contributed by atoms with Crippen molar-refractivity contribution in [3.05, 3.63) is 64.6 Å². The first-order valence-electron chi connectivity index (χ1n) is 8.89. The maximum Gasteiger partial charge on any atom is 0.416 e. The Morgan fingerprint density at radius 1 is 1.14 bits per heavy atom. The summed E-state index contributed by atoms with van der Waals surface area (Å²) >= 11 is 1.45. The van der Waals surface area contributed by atoms with E-state index >= 15 is 0 Å². The molecule has 1 aromatic carbocycles. The summed E-state index contributed by atoms with van der Waals surface area (Å²) in [5.74, 6) is 0.706. The normalized spacial score (nSPS) is 16.0. The minimum absolute atomic E-state index is 0.167. The first-order valence-corrected chi connectivity index (χ1v) is 9.88. The Labute approximate surface area is 165 Å². The number of alkyl halides is 3. The van der Waals surface area contributed by atoms with E-state index < -0.39 is 11.7 Å². The van der Waals surface area contributed by atoms with E-state index in [-0.39, 0.29) is 5.56 Å². The number of hydrogen-bond acceptors (Lipinski definition) is 5. The first-order chi connectivity index (χ1) is 13.4. The molecule has 5 nitrogen and oxygen atoms in total. The molecule has 1 fully saturated rings. The van der Waals surface area contributed by atoms with Crippen molar-refractivity contribution in [1.29, 1.82) is 0 Å². The number of rotatable bonds is 6. The highest BCUT2D eigenvalue weighted by Gasteiger charge is 2.31. The van der Waals surface area contributed by atoms with Gasteiger partial charge in [0.1, 0.15) is 0 Å². The maximum atomic E-state index is 12.9. The van der Waals surface area contributed by atoms with Crippen molar-refractivity contribution in [2.75, 3.05) is 43.4 Å². The van der Waals surface area contributed by atoms with Crippen LogP contribution in [0.4, 0.5) is 18.9 Å². The van der Waals surface area contributed by atoms with Crippen molar-refractivity contribution in [3.8, 4) is 0 Å². The van der Waals surface area contributed by atoms with E-state index in [0.29, 0.717) is 29.7 Å². The van der Waals surface area contributed by atoms with Crippen molar-refractivity contribution in [3.63, 3.8) is 0 Å². The molecule has 0 atom stereocenters. The fourth-order valence-corrected chi connectivity index (χ4v) is 3.61. The molecule has 0 spiro atoms. The van der Waals surface area contributed by atoms with E-state index in [0.717, 1.165) is 25.7 Å². The lowest BCUT2D eigenvalue weighted by atomic mass is 10.1. The third-order valence-corrected chi connectivity index (χ3v) is 5.25. The van der Waals surface area contributed by atoms with Crippen LogP contribution < -0.4 is 10.5 Å². The molecule has 150 valence electrons. The highest BCUT2D eigenvalue weighted by atomic mass is 32.2. The van der Waals surface area contributed by atoms with Gasteiger partial charge >= 0.3 is 6.18 Å². The molecule has 1 N–H and O–H groups in total. The van der Waals surface area contributed by atoms with E-state index in [9.17, 15) is 18.0 Å². The van der Waals surface area contributed by atoms with Gasteiger partial charge in [0.05, 0.1) is 5.56 Å². The lowest BCUT2D eigenvalue weighted by Crippen LogP contribution is -2.46. The van der Waals surface area contributed by atoms with E-state index in [1.54, 1.807) is 6.07 Å². The minimum Gasteiger partial charge on any atom is -0.369 e. The number of hydrogen-bond donors (Lipinski definition) is 1. The van der Waals surface area contributed by atoms with Gasteiger partial charge in [-0.3, -0.25) is 9.69 Å². The van der Waals surface area contributed by atoms with Gasteiger partial charge in [-0.1, -0.05) is 30.0 Å². The highest BCUT2D eigenvalue weighted by molar-refractivity contribution is 7.99. The smallest absolute Gasteiger partial charge is 0.369 e. The Kier molecular flexibility index (Phi) is 6.79. The highest BCUT2D eigenvalue weighted by Crippen LogP contribution is 2.31. The van der Waals surface area contributed by atoms with Crippen LogP contribution >= 0.6 is 11.8 Å². The topological polar surface area (TPSA) is 52.2 Å². The number of thioether (sulfide) groups is 1. The summed E-state index contributed by atoms with van der Waals surface area (Å²) in [5, 5.41) is 0.590. The largest absolute Gasteiger partial charge is 0.416 e. The molecule has 2 heterocycles. The second kappa shape index (κ2) is 9.29. The SMILES string of the molecule is O=c1ccnc(SCC=CCN2CCN(c3cccc(C(F)(F)F)c3)CC2)[nH]1. The second-order valence-corrected chi connectivity index (χ2v) is 7.37. The zero-order valence-corrected chi connectivity index (χ0v) is 16.0. The number of aromatic amines is 1. The summed E-state index contributed by atoms with van der Waals surface area (Å²) in [4.78, 5) is 22.2. The molecule has 0 unspecified atom stereocenters. The number of nitrogens with zero attached hydrogens (tertiary/aromatic N) is 3. The van der Waals surface area contributed by atoms with Crippen LogP contribution in [0.15, 0.2) is 58.6 Å². The summed E-state index contributed by atoms with van der Waals surface area (Å²) in [7, 11) is 0. The van der Waals surface area contributed by atoms with Crippen molar-refractivity contribution >= 4 is 17.4 Å². The van der Waals surface area contributed by atoms with Crippen molar-refractivity contribution in [1.82, 2.24) is 14.9 Å². The van der Waals surface area contributed by atoms with E-state index in [2.05, 4.69) is 20.9 Å². The molecule has 0 bridgehead atoms. The molecule has 28 heavy (non-hydrogen) atoms. The molecule has 1 saturated heterocycles. The van der Waals surface area contributed by atoms with Crippen molar-refractivity contribution < 1.29 is 13.2 Å². The van der Waals surface area contributed by atoms with Crippen LogP contribution in [0.2, 0.25) is 0 Å². The summed E-state index contributed by atoms with van der Waals surface area (Å²) in [6, 6.07) is 6.88. The molecular formula is C19H21F3N4OS. The third kappa shape index (κ3) is 5.87. The van der Waals surface area contributed by atoms with Crippen molar-refractivity contribution in [2.45, 2.75) is 11.3 Å². The Bertz CT molecular complexity index is 860. The van der Waals surface area contributed by atoms with Crippen molar-refractivity contribution in [2.24, 2.45) is 0 Å². The number of aromatic nitrogens is 2. The lowest BCUT2D eigenvalue weighted by Gasteiger charge is -2.35.